The van der Waals surface area contributed by atoms with Crippen molar-refractivity contribution in [2.45, 2.75) is 0 Å². The molecule has 0 atom stereocenters. The molecule has 2 aromatic heterocycles. The monoisotopic (exact) mass is 482 g/mol. The van der Waals surface area contributed by atoms with Gasteiger partial charge in [-0.25, -0.2) is 4.99 Å². The second-order valence-corrected chi connectivity index (χ2v) is 8.41. The number of nitro benzene ring substituents is 2. The number of carbonyl (C=O) groups excluding carboxylic acids is 1. The van der Waals surface area contributed by atoms with Crippen molar-refractivity contribution >= 4 is 72.4 Å². The average molecular weight is 483 g/mol. The number of non-ortho nitro benzene ring substituents is 1. The zero-order chi connectivity index (χ0) is 20.3. The highest BCUT2D eigenvalue weighted by Crippen LogP contribution is 2.28. The molecule has 0 aliphatic rings. The van der Waals surface area contributed by atoms with Crippen LogP contribution in [0.5, 0.6) is 0 Å². The predicted octanol–water partition coefficient (Wildman–Crippen LogP) is 4.18. The molecule has 0 unspecified atom stereocenters. The minimum atomic E-state index is -0.864. The minimum Gasteiger partial charge on any atom is -0.296 e. The Morgan fingerprint density at radius 3 is 2.57 bits per heavy atom. The van der Waals surface area contributed by atoms with Gasteiger partial charge in [-0.05, 0) is 34.1 Å². The molecule has 0 aliphatic heterocycles. The van der Waals surface area contributed by atoms with Crippen LogP contribution in [0.3, 0.4) is 0 Å². The highest BCUT2D eigenvalue weighted by atomic mass is 79.9. The highest BCUT2D eigenvalue weighted by Gasteiger charge is 2.24. The lowest BCUT2D eigenvalue weighted by molar-refractivity contribution is -0.394. The molecule has 0 bridgehead atoms. The fraction of sp³-hybridized carbons (Fsp3) is 0. The molecule has 1 amide bonds. The molecule has 0 fully saturated rings. The number of aliphatic imine (C=N–C) groups is 1. The number of hydrogen-bond acceptors (Lipinski definition) is 10. The molecule has 0 aliphatic carbocycles. The van der Waals surface area contributed by atoms with E-state index in [0.717, 1.165) is 38.2 Å². The van der Waals surface area contributed by atoms with Crippen molar-refractivity contribution in [1.29, 1.82) is 0 Å². The Bertz CT molecular complexity index is 1110. The summed E-state index contributed by atoms with van der Waals surface area (Å²) in [4.78, 5) is 37.6. The normalized spacial score (nSPS) is 10.9. The number of benzene rings is 1. The maximum absolute atomic E-state index is 12.3. The predicted molar refractivity (Wildman–Crippen MR) is 107 cm³/mol. The quantitative estimate of drug-likeness (QED) is 0.313. The number of carbonyl (C=O) groups is 1. The van der Waals surface area contributed by atoms with Crippen molar-refractivity contribution in [3.63, 3.8) is 0 Å². The molecule has 14 heteroatoms. The van der Waals surface area contributed by atoms with Crippen molar-refractivity contribution in [1.82, 2.24) is 10.2 Å². The van der Waals surface area contributed by atoms with Gasteiger partial charge in [0.1, 0.15) is 5.56 Å². The summed E-state index contributed by atoms with van der Waals surface area (Å²) in [6.07, 6.45) is 1.59. The van der Waals surface area contributed by atoms with E-state index in [4.69, 9.17) is 0 Å². The maximum Gasteiger partial charge on any atom is 0.289 e. The van der Waals surface area contributed by atoms with Gasteiger partial charge in [-0.2, -0.15) is 0 Å². The molecule has 3 aromatic rings. The Balaban J connectivity index is 1.76. The molecule has 3 rings (SSSR count). The summed E-state index contributed by atoms with van der Waals surface area (Å²) in [7, 11) is 0. The fourth-order valence-corrected chi connectivity index (χ4v) is 3.86. The van der Waals surface area contributed by atoms with Gasteiger partial charge in [0.15, 0.2) is 0 Å². The van der Waals surface area contributed by atoms with Gasteiger partial charge in [0.25, 0.3) is 17.3 Å². The lowest BCUT2D eigenvalue weighted by atomic mass is 10.1. The topological polar surface area (TPSA) is 154 Å². The number of anilines is 1. The summed E-state index contributed by atoms with van der Waals surface area (Å²) < 4.78 is 0.948. The van der Waals surface area contributed by atoms with Crippen LogP contribution in [0, 0.1) is 20.2 Å². The van der Waals surface area contributed by atoms with E-state index in [9.17, 15) is 25.0 Å². The highest BCUT2D eigenvalue weighted by molar-refractivity contribution is 9.11. The van der Waals surface area contributed by atoms with E-state index < -0.39 is 27.1 Å². The largest absolute Gasteiger partial charge is 0.296 e. The van der Waals surface area contributed by atoms with Crippen molar-refractivity contribution in [2.75, 3.05) is 5.32 Å². The number of nitrogens with zero attached hydrogens (tertiary/aromatic N) is 5. The van der Waals surface area contributed by atoms with E-state index >= 15 is 0 Å². The van der Waals surface area contributed by atoms with E-state index in [0.29, 0.717) is 0 Å². The van der Waals surface area contributed by atoms with Gasteiger partial charge in [0.2, 0.25) is 10.3 Å². The van der Waals surface area contributed by atoms with Crippen LogP contribution in [0.2, 0.25) is 0 Å². The second-order valence-electron chi connectivity index (χ2n) is 4.96. The van der Waals surface area contributed by atoms with Crippen LogP contribution in [0.1, 0.15) is 15.2 Å². The summed E-state index contributed by atoms with van der Waals surface area (Å²) in [5.41, 5.74) is -1.51. The van der Waals surface area contributed by atoms with E-state index in [2.05, 4.69) is 36.4 Å². The fourth-order valence-electron chi connectivity index (χ4n) is 1.98. The van der Waals surface area contributed by atoms with Crippen LogP contribution in [0.4, 0.5) is 21.6 Å². The molecule has 2 heterocycles. The molecule has 1 aromatic carbocycles. The minimum absolute atomic E-state index is 0.0807. The number of nitrogens with one attached hydrogen (secondary N) is 1. The number of rotatable bonds is 6. The summed E-state index contributed by atoms with van der Waals surface area (Å²) in [6.45, 7) is 0. The van der Waals surface area contributed by atoms with Gasteiger partial charge < -0.3 is 0 Å². The number of hydrogen-bond donors (Lipinski definition) is 1. The Labute approximate surface area is 172 Å². The van der Waals surface area contributed by atoms with Crippen LogP contribution < -0.4 is 5.32 Å². The molecule has 0 saturated carbocycles. The van der Waals surface area contributed by atoms with Gasteiger partial charge >= 0.3 is 0 Å². The van der Waals surface area contributed by atoms with Crippen LogP contribution in [-0.2, 0) is 0 Å². The van der Waals surface area contributed by atoms with Gasteiger partial charge in [-0.3, -0.25) is 30.3 Å². The average Bonchev–Trinajstić information content (AvgIpc) is 3.27. The van der Waals surface area contributed by atoms with Crippen molar-refractivity contribution in [2.24, 2.45) is 4.99 Å². The third-order valence-electron chi connectivity index (χ3n) is 3.16. The second kappa shape index (κ2) is 8.28. The summed E-state index contributed by atoms with van der Waals surface area (Å²) in [5, 5.41) is 32.2. The molecule has 11 nitrogen and oxygen atoms in total. The lowest BCUT2D eigenvalue weighted by Gasteiger charge is -2.02. The van der Waals surface area contributed by atoms with Crippen molar-refractivity contribution < 1.29 is 14.6 Å². The Morgan fingerprint density at radius 1 is 1.14 bits per heavy atom. The summed E-state index contributed by atoms with van der Waals surface area (Å²) >= 11 is 5.78. The first kappa shape index (κ1) is 19.7. The molecule has 0 saturated heterocycles. The standard InChI is InChI=1S/C14H7BrN6O5S2/c15-11-4-2-8(27-11)6-16-13-18-19-14(28-13)17-12(22)9-3-1-7(20(23)24)5-10(9)21(25)26/h1-6H,(H,17,19,22). The SMILES string of the molecule is O=C(Nc1nnc(N=Cc2ccc(Br)s2)s1)c1ccc([N+](=O)[O-])cc1[N+](=O)[O-]. The molecule has 28 heavy (non-hydrogen) atoms. The van der Waals surface area contributed by atoms with Crippen LogP contribution in [0.25, 0.3) is 0 Å². The first-order valence-corrected chi connectivity index (χ1v) is 9.63. The molecule has 0 spiro atoms. The third kappa shape index (κ3) is 4.59. The van der Waals surface area contributed by atoms with Crippen molar-refractivity contribution in [3.05, 3.63) is 64.8 Å². The van der Waals surface area contributed by atoms with E-state index in [1.807, 2.05) is 12.1 Å². The summed E-state index contributed by atoms with van der Waals surface area (Å²) in [5.74, 6) is -0.838. The number of amides is 1. The van der Waals surface area contributed by atoms with Gasteiger partial charge in [-0.1, -0.05) is 11.3 Å². The number of halogens is 1. The van der Waals surface area contributed by atoms with E-state index in [-0.39, 0.29) is 15.8 Å². The Hall–Kier alpha value is -3.10. The number of nitro groups is 2. The summed E-state index contributed by atoms with van der Waals surface area (Å²) in [6, 6.07) is 6.48. The first-order valence-electron chi connectivity index (χ1n) is 7.20. The molecular weight excluding hydrogens is 476 g/mol. The zero-order valence-electron chi connectivity index (χ0n) is 13.4. The van der Waals surface area contributed by atoms with Crippen LogP contribution in [-0.4, -0.2) is 32.2 Å². The van der Waals surface area contributed by atoms with Gasteiger partial charge in [0.05, 0.1) is 19.7 Å². The zero-order valence-corrected chi connectivity index (χ0v) is 16.7. The van der Waals surface area contributed by atoms with E-state index in [1.165, 1.54) is 11.3 Å². The third-order valence-corrected chi connectivity index (χ3v) is 5.47. The Kier molecular flexibility index (Phi) is 5.81. The molecule has 0 radical (unpaired) electrons. The molecular formula is C14H7BrN6O5S2. The van der Waals surface area contributed by atoms with Gasteiger partial charge in [0, 0.05) is 17.2 Å². The smallest absolute Gasteiger partial charge is 0.289 e. The number of aromatic nitrogens is 2. The maximum atomic E-state index is 12.3. The number of thiophene rings is 1. The van der Waals surface area contributed by atoms with Gasteiger partial charge in [-0.15, -0.1) is 21.5 Å². The molecule has 1 N–H and O–H groups in total. The first-order chi connectivity index (χ1) is 13.3. The molecule has 142 valence electrons. The van der Waals surface area contributed by atoms with Crippen LogP contribution in [0.15, 0.2) is 39.1 Å². The van der Waals surface area contributed by atoms with E-state index in [1.54, 1.807) is 6.21 Å². The van der Waals surface area contributed by atoms with Crippen LogP contribution >= 0.6 is 38.6 Å². The Morgan fingerprint density at radius 2 is 1.93 bits per heavy atom. The van der Waals surface area contributed by atoms with Crippen molar-refractivity contribution in [3.8, 4) is 0 Å². The lowest BCUT2D eigenvalue weighted by Crippen LogP contribution is -2.14.